The summed E-state index contributed by atoms with van der Waals surface area (Å²) in [5, 5.41) is 2.70. The minimum atomic E-state index is -0.341. The summed E-state index contributed by atoms with van der Waals surface area (Å²) in [5.74, 6) is -0.0566. The van der Waals surface area contributed by atoms with Gasteiger partial charge in [-0.2, -0.15) is 0 Å². The van der Waals surface area contributed by atoms with Crippen molar-refractivity contribution in [1.82, 2.24) is 9.88 Å². The van der Waals surface area contributed by atoms with E-state index in [1.165, 1.54) is 12.1 Å². The monoisotopic (exact) mass is 287 g/mol. The molecule has 2 rings (SSSR count). The second-order valence-corrected chi connectivity index (χ2v) is 5.14. The van der Waals surface area contributed by atoms with E-state index in [2.05, 4.69) is 10.3 Å². The molecule has 0 atom stereocenters. The first-order valence-electron chi connectivity index (χ1n) is 6.67. The molecule has 0 radical (unpaired) electrons. The maximum absolute atomic E-state index is 13.0. The lowest BCUT2D eigenvalue weighted by atomic mass is 10.1. The lowest BCUT2D eigenvalue weighted by molar-refractivity contribution is -0.115. The van der Waals surface area contributed by atoms with Gasteiger partial charge in [-0.1, -0.05) is 18.2 Å². The van der Waals surface area contributed by atoms with Gasteiger partial charge >= 0.3 is 0 Å². The Bertz CT molecular complexity index is 611. The third-order valence-corrected chi connectivity index (χ3v) is 2.84. The molecule has 0 bridgehead atoms. The highest BCUT2D eigenvalue weighted by Crippen LogP contribution is 2.09. The molecule has 21 heavy (non-hydrogen) atoms. The molecule has 1 N–H and O–H groups in total. The van der Waals surface area contributed by atoms with Crippen LogP contribution in [0.15, 0.2) is 42.6 Å². The molecule has 1 aromatic heterocycles. The van der Waals surface area contributed by atoms with E-state index < -0.39 is 0 Å². The summed E-state index contributed by atoms with van der Waals surface area (Å²) >= 11 is 0. The van der Waals surface area contributed by atoms with Gasteiger partial charge in [0, 0.05) is 12.7 Å². The van der Waals surface area contributed by atoms with Gasteiger partial charge in [0.15, 0.2) is 0 Å². The molecule has 0 aliphatic carbocycles. The standard InChI is InChI=1S/C16H18FN3O/c1-20(2)11-13-6-7-15(18-10-13)19-16(21)9-12-4-3-5-14(17)8-12/h3-8,10H,9,11H2,1-2H3,(H,18,19,21). The average molecular weight is 287 g/mol. The van der Waals surface area contributed by atoms with Crippen LogP contribution < -0.4 is 5.32 Å². The van der Waals surface area contributed by atoms with Crippen LogP contribution >= 0.6 is 0 Å². The molecule has 4 nitrogen and oxygen atoms in total. The Hall–Kier alpha value is -2.27. The van der Waals surface area contributed by atoms with Crippen LogP contribution in [0.25, 0.3) is 0 Å². The van der Waals surface area contributed by atoms with E-state index in [-0.39, 0.29) is 18.1 Å². The maximum Gasteiger partial charge on any atom is 0.229 e. The minimum Gasteiger partial charge on any atom is -0.310 e. The lowest BCUT2D eigenvalue weighted by Crippen LogP contribution is -2.16. The van der Waals surface area contributed by atoms with Crippen molar-refractivity contribution in [3.8, 4) is 0 Å². The van der Waals surface area contributed by atoms with E-state index in [0.717, 1.165) is 12.1 Å². The van der Waals surface area contributed by atoms with Gasteiger partial charge in [-0.05, 0) is 43.4 Å². The molecule has 0 unspecified atom stereocenters. The molecule has 0 spiro atoms. The molecular weight excluding hydrogens is 269 g/mol. The molecule has 1 aromatic carbocycles. The number of anilines is 1. The van der Waals surface area contributed by atoms with Crippen LogP contribution in [0, 0.1) is 5.82 Å². The summed E-state index contributed by atoms with van der Waals surface area (Å²) in [6, 6.07) is 9.70. The van der Waals surface area contributed by atoms with Crippen molar-refractivity contribution < 1.29 is 9.18 Å². The SMILES string of the molecule is CN(C)Cc1ccc(NC(=O)Cc2cccc(F)c2)nc1. The zero-order chi connectivity index (χ0) is 15.2. The molecule has 0 fully saturated rings. The van der Waals surface area contributed by atoms with Gasteiger partial charge in [-0.25, -0.2) is 9.37 Å². The van der Waals surface area contributed by atoms with Crippen LogP contribution in [0.4, 0.5) is 10.2 Å². The Morgan fingerprint density at radius 1 is 1.24 bits per heavy atom. The largest absolute Gasteiger partial charge is 0.310 e. The van der Waals surface area contributed by atoms with Gasteiger partial charge < -0.3 is 10.2 Å². The number of amides is 1. The van der Waals surface area contributed by atoms with Crippen LogP contribution in [-0.2, 0) is 17.8 Å². The fraction of sp³-hybridized carbons (Fsp3) is 0.250. The number of hydrogen-bond donors (Lipinski definition) is 1. The number of rotatable bonds is 5. The molecule has 0 saturated carbocycles. The average Bonchev–Trinajstić information content (AvgIpc) is 2.40. The number of aromatic nitrogens is 1. The van der Waals surface area contributed by atoms with Crippen LogP contribution in [0.2, 0.25) is 0 Å². The quantitative estimate of drug-likeness (QED) is 0.919. The van der Waals surface area contributed by atoms with E-state index in [1.54, 1.807) is 24.4 Å². The van der Waals surface area contributed by atoms with E-state index in [4.69, 9.17) is 0 Å². The Labute approximate surface area is 123 Å². The zero-order valence-electron chi connectivity index (χ0n) is 12.1. The lowest BCUT2D eigenvalue weighted by Gasteiger charge is -2.10. The van der Waals surface area contributed by atoms with Crippen molar-refractivity contribution in [3.63, 3.8) is 0 Å². The fourth-order valence-corrected chi connectivity index (χ4v) is 1.98. The molecular formula is C16H18FN3O. The van der Waals surface area contributed by atoms with E-state index in [0.29, 0.717) is 11.4 Å². The van der Waals surface area contributed by atoms with Crippen LogP contribution in [0.5, 0.6) is 0 Å². The van der Waals surface area contributed by atoms with Crippen molar-refractivity contribution in [1.29, 1.82) is 0 Å². The van der Waals surface area contributed by atoms with Crippen molar-refractivity contribution >= 4 is 11.7 Å². The van der Waals surface area contributed by atoms with E-state index >= 15 is 0 Å². The molecule has 110 valence electrons. The Kier molecular flexibility index (Phi) is 5.00. The molecule has 0 saturated heterocycles. The molecule has 0 aliphatic heterocycles. The predicted molar refractivity (Wildman–Crippen MR) is 80.4 cm³/mol. The van der Waals surface area contributed by atoms with Gasteiger partial charge in [0.2, 0.25) is 5.91 Å². The topological polar surface area (TPSA) is 45.2 Å². The van der Waals surface area contributed by atoms with Crippen molar-refractivity contribution in [3.05, 3.63) is 59.5 Å². The molecule has 5 heteroatoms. The first kappa shape index (κ1) is 15.1. The Balaban J connectivity index is 1.93. The maximum atomic E-state index is 13.0. The number of hydrogen-bond acceptors (Lipinski definition) is 3. The minimum absolute atomic E-state index is 0.124. The van der Waals surface area contributed by atoms with Crippen LogP contribution in [0.1, 0.15) is 11.1 Å². The second-order valence-electron chi connectivity index (χ2n) is 5.14. The summed E-state index contributed by atoms with van der Waals surface area (Å²) in [5.41, 5.74) is 1.71. The molecule has 2 aromatic rings. The molecule has 1 heterocycles. The van der Waals surface area contributed by atoms with Crippen molar-refractivity contribution in [2.24, 2.45) is 0 Å². The summed E-state index contributed by atoms with van der Waals surface area (Å²) in [7, 11) is 3.96. The number of pyridine rings is 1. The van der Waals surface area contributed by atoms with Gasteiger partial charge in [-0.3, -0.25) is 4.79 Å². The van der Waals surface area contributed by atoms with E-state index in [9.17, 15) is 9.18 Å². The smallest absolute Gasteiger partial charge is 0.229 e. The number of nitrogens with one attached hydrogen (secondary N) is 1. The summed E-state index contributed by atoms with van der Waals surface area (Å²) in [6.45, 7) is 0.796. The highest BCUT2D eigenvalue weighted by molar-refractivity contribution is 5.91. The van der Waals surface area contributed by atoms with Crippen LogP contribution in [-0.4, -0.2) is 29.9 Å². The predicted octanol–water partition coefficient (Wildman–Crippen LogP) is 2.46. The Morgan fingerprint density at radius 3 is 2.67 bits per heavy atom. The number of carbonyl (C=O) groups is 1. The van der Waals surface area contributed by atoms with Gasteiger partial charge in [0.1, 0.15) is 11.6 Å². The van der Waals surface area contributed by atoms with Gasteiger partial charge in [0.25, 0.3) is 0 Å². The third-order valence-electron chi connectivity index (χ3n) is 2.84. The first-order chi connectivity index (χ1) is 10.0. The number of halogens is 1. The fourth-order valence-electron chi connectivity index (χ4n) is 1.98. The first-order valence-corrected chi connectivity index (χ1v) is 6.67. The zero-order valence-corrected chi connectivity index (χ0v) is 12.1. The summed E-state index contributed by atoms with van der Waals surface area (Å²) < 4.78 is 13.0. The van der Waals surface area contributed by atoms with Gasteiger partial charge in [0.05, 0.1) is 6.42 Å². The summed E-state index contributed by atoms with van der Waals surface area (Å²) in [6.07, 6.45) is 1.86. The second kappa shape index (κ2) is 6.95. The number of nitrogens with zero attached hydrogens (tertiary/aromatic N) is 2. The van der Waals surface area contributed by atoms with Crippen molar-refractivity contribution in [2.75, 3.05) is 19.4 Å². The normalized spacial score (nSPS) is 10.7. The number of carbonyl (C=O) groups excluding carboxylic acids is 1. The highest BCUT2D eigenvalue weighted by atomic mass is 19.1. The molecule has 0 aliphatic rings. The van der Waals surface area contributed by atoms with E-state index in [1.807, 2.05) is 25.1 Å². The molecule has 1 amide bonds. The third kappa shape index (κ3) is 4.96. The van der Waals surface area contributed by atoms with Crippen molar-refractivity contribution in [2.45, 2.75) is 13.0 Å². The van der Waals surface area contributed by atoms with Gasteiger partial charge in [-0.15, -0.1) is 0 Å². The number of benzene rings is 1. The Morgan fingerprint density at radius 2 is 2.05 bits per heavy atom. The highest BCUT2D eigenvalue weighted by Gasteiger charge is 2.06. The van der Waals surface area contributed by atoms with Crippen LogP contribution in [0.3, 0.4) is 0 Å². The summed E-state index contributed by atoms with van der Waals surface area (Å²) in [4.78, 5) is 18.1.